The monoisotopic (exact) mass is 392 g/mol. The highest BCUT2D eigenvalue weighted by Gasteiger charge is 2.49. The summed E-state index contributed by atoms with van der Waals surface area (Å²) in [6, 6.07) is 11.5. The van der Waals surface area contributed by atoms with E-state index in [2.05, 4.69) is 0 Å². The topological polar surface area (TPSA) is 101 Å². The van der Waals surface area contributed by atoms with Crippen molar-refractivity contribution in [3.63, 3.8) is 0 Å². The first kappa shape index (κ1) is 18.5. The zero-order valence-electron chi connectivity index (χ0n) is 15.5. The molecular formula is C21H16N2O6. The lowest BCUT2D eigenvalue weighted by Gasteiger charge is -2.33. The number of likely N-dealkylation sites (tertiary alicyclic amines) is 1. The number of fused-ring (bicyclic) bond motifs is 1. The predicted octanol–water partition coefficient (Wildman–Crippen LogP) is 1.19. The molecule has 0 radical (unpaired) electrons. The molecule has 0 N–H and O–H groups in total. The van der Waals surface area contributed by atoms with E-state index in [0.717, 1.165) is 9.80 Å². The van der Waals surface area contributed by atoms with Crippen molar-refractivity contribution in [2.75, 3.05) is 7.11 Å². The van der Waals surface area contributed by atoms with Crippen LogP contribution in [0.3, 0.4) is 0 Å². The highest BCUT2D eigenvalue weighted by atomic mass is 16.5. The normalized spacial score (nSPS) is 19.1. The molecule has 1 atom stereocenters. The first-order valence-electron chi connectivity index (χ1n) is 8.90. The van der Waals surface area contributed by atoms with Gasteiger partial charge in [0, 0.05) is 6.42 Å². The molecule has 29 heavy (non-hydrogen) atoms. The Morgan fingerprint density at radius 3 is 2.00 bits per heavy atom. The zero-order valence-corrected chi connectivity index (χ0v) is 15.5. The van der Waals surface area contributed by atoms with Crippen LogP contribution in [0.1, 0.15) is 32.7 Å². The summed E-state index contributed by atoms with van der Waals surface area (Å²) in [4.78, 5) is 64.6. The molecule has 0 aromatic heterocycles. The number of ether oxygens (including phenoxy) is 1. The van der Waals surface area contributed by atoms with Crippen molar-refractivity contribution < 1.29 is 28.7 Å². The number of hydrogen-bond acceptors (Lipinski definition) is 6. The third-order valence-corrected chi connectivity index (χ3v) is 5.05. The average Bonchev–Trinajstić information content (AvgIpc) is 2.99. The molecule has 2 aromatic rings. The quantitative estimate of drug-likeness (QED) is 0.572. The number of piperidine rings is 1. The third kappa shape index (κ3) is 2.98. The van der Waals surface area contributed by atoms with E-state index < -0.39 is 41.9 Å². The molecule has 1 fully saturated rings. The summed E-state index contributed by atoms with van der Waals surface area (Å²) in [5.41, 5.74) is 0.955. The van der Waals surface area contributed by atoms with Crippen molar-refractivity contribution in [2.24, 2.45) is 0 Å². The second-order valence-electron chi connectivity index (χ2n) is 6.75. The van der Waals surface area contributed by atoms with Crippen LogP contribution in [0.2, 0.25) is 0 Å². The fourth-order valence-electron chi connectivity index (χ4n) is 3.54. The molecule has 8 nitrogen and oxygen atoms in total. The molecule has 2 heterocycles. The maximum Gasteiger partial charge on any atom is 0.297 e. The molecule has 4 rings (SSSR count). The molecule has 0 aliphatic carbocycles. The van der Waals surface area contributed by atoms with Crippen LogP contribution in [-0.2, 0) is 20.9 Å². The Labute approximate surface area is 165 Å². The van der Waals surface area contributed by atoms with Crippen LogP contribution < -0.4 is 4.74 Å². The number of nitrogens with zero attached hydrogens (tertiary/aromatic N) is 2. The first-order valence-corrected chi connectivity index (χ1v) is 8.90. The van der Waals surface area contributed by atoms with E-state index in [-0.39, 0.29) is 17.7 Å². The Hall–Kier alpha value is -3.81. The second-order valence-corrected chi connectivity index (χ2v) is 6.75. The first-order chi connectivity index (χ1) is 13.9. The van der Waals surface area contributed by atoms with Gasteiger partial charge in [0.1, 0.15) is 11.8 Å². The number of hydrogen-bond donors (Lipinski definition) is 0. The number of amides is 4. The zero-order chi connectivity index (χ0) is 20.7. The lowest BCUT2D eigenvalue weighted by molar-refractivity contribution is -0.159. The third-order valence-electron chi connectivity index (χ3n) is 5.05. The Morgan fingerprint density at radius 2 is 1.45 bits per heavy atom. The van der Waals surface area contributed by atoms with Gasteiger partial charge in [0.25, 0.3) is 23.6 Å². The summed E-state index contributed by atoms with van der Waals surface area (Å²) >= 11 is 0. The SMILES string of the molecule is COc1ccc(CN2C(=O)C(=O)CC(N3C(=O)c4ccccc4C3=O)C2=O)cc1. The lowest BCUT2D eigenvalue weighted by Crippen LogP contribution is -2.58. The van der Waals surface area contributed by atoms with Crippen molar-refractivity contribution >= 4 is 29.4 Å². The lowest BCUT2D eigenvalue weighted by atomic mass is 10.00. The molecule has 8 heteroatoms. The molecular weight excluding hydrogens is 376 g/mol. The number of imide groups is 2. The molecule has 1 saturated heterocycles. The molecule has 2 aliphatic rings. The Balaban J connectivity index is 1.63. The molecule has 0 bridgehead atoms. The van der Waals surface area contributed by atoms with Crippen molar-refractivity contribution in [1.29, 1.82) is 0 Å². The van der Waals surface area contributed by atoms with Crippen molar-refractivity contribution in [2.45, 2.75) is 19.0 Å². The number of carbonyl (C=O) groups excluding carboxylic acids is 5. The predicted molar refractivity (Wildman–Crippen MR) is 98.9 cm³/mol. The minimum Gasteiger partial charge on any atom is -0.497 e. The van der Waals surface area contributed by atoms with Crippen molar-refractivity contribution in [3.05, 3.63) is 65.2 Å². The van der Waals surface area contributed by atoms with Gasteiger partial charge in [-0.05, 0) is 29.8 Å². The highest BCUT2D eigenvalue weighted by Crippen LogP contribution is 2.29. The molecule has 0 spiro atoms. The summed E-state index contributed by atoms with van der Waals surface area (Å²) in [5, 5.41) is 0. The van der Waals surface area contributed by atoms with E-state index >= 15 is 0 Å². The number of benzene rings is 2. The van der Waals surface area contributed by atoms with Crippen LogP contribution in [0.25, 0.3) is 0 Å². The number of Topliss-reactive ketones (excluding diaryl/α,β-unsaturated/α-hetero) is 1. The van der Waals surface area contributed by atoms with Crippen LogP contribution >= 0.6 is 0 Å². The van der Waals surface area contributed by atoms with Gasteiger partial charge in [-0.2, -0.15) is 0 Å². The summed E-state index contributed by atoms with van der Waals surface area (Å²) in [5.74, 6) is -3.20. The number of methoxy groups -OCH3 is 1. The fourth-order valence-corrected chi connectivity index (χ4v) is 3.54. The summed E-state index contributed by atoms with van der Waals surface area (Å²) in [7, 11) is 1.51. The van der Waals surface area contributed by atoms with Gasteiger partial charge in [0.05, 0.1) is 24.8 Å². The van der Waals surface area contributed by atoms with Gasteiger partial charge in [-0.3, -0.25) is 33.8 Å². The van der Waals surface area contributed by atoms with Gasteiger partial charge >= 0.3 is 0 Å². The smallest absolute Gasteiger partial charge is 0.297 e. The number of carbonyl (C=O) groups is 5. The van der Waals surface area contributed by atoms with E-state index in [9.17, 15) is 24.0 Å². The van der Waals surface area contributed by atoms with Crippen molar-refractivity contribution in [1.82, 2.24) is 9.80 Å². The molecule has 2 aliphatic heterocycles. The molecule has 1 unspecified atom stereocenters. The van der Waals surface area contributed by atoms with Gasteiger partial charge in [0.2, 0.25) is 5.78 Å². The van der Waals surface area contributed by atoms with Crippen LogP contribution in [0.5, 0.6) is 5.75 Å². The molecule has 0 saturated carbocycles. The van der Waals surface area contributed by atoms with E-state index in [1.165, 1.54) is 19.2 Å². The average molecular weight is 392 g/mol. The van der Waals surface area contributed by atoms with E-state index in [0.29, 0.717) is 11.3 Å². The minimum absolute atomic E-state index is 0.146. The van der Waals surface area contributed by atoms with Gasteiger partial charge in [0.15, 0.2) is 0 Å². The summed E-state index contributed by atoms with van der Waals surface area (Å²) in [6.45, 7) is -0.146. The largest absolute Gasteiger partial charge is 0.497 e. The maximum atomic E-state index is 13.0. The number of rotatable bonds is 4. The van der Waals surface area contributed by atoms with E-state index in [1.807, 2.05) is 0 Å². The standard InChI is InChI=1S/C21H16N2O6/c1-29-13-8-6-12(7-9-13)11-22-20(27)16(10-17(24)21(22)28)23-18(25)14-4-2-3-5-15(14)19(23)26/h2-9,16H,10-11H2,1H3. The Bertz CT molecular complexity index is 1020. The number of ketones is 1. The van der Waals surface area contributed by atoms with E-state index in [1.54, 1.807) is 36.4 Å². The van der Waals surface area contributed by atoms with Gasteiger partial charge in [-0.25, -0.2) is 0 Å². The van der Waals surface area contributed by atoms with Crippen LogP contribution in [0.4, 0.5) is 0 Å². The van der Waals surface area contributed by atoms with Gasteiger partial charge < -0.3 is 4.74 Å². The summed E-state index contributed by atoms with van der Waals surface area (Å²) in [6.07, 6.45) is -0.512. The van der Waals surface area contributed by atoms with Crippen LogP contribution in [-0.4, -0.2) is 52.4 Å². The highest BCUT2D eigenvalue weighted by molar-refractivity contribution is 6.41. The maximum absolute atomic E-state index is 13.0. The van der Waals surface area contributed by atoms with Crippen LogP contribution in [0.15, 0.2) is 48.5 Å². The summed E-state index contributed by atoms with van der Waals surface area (Å²) < 4.78 is 5.07. The minimum atomic E-state index is -1.34. The molecule has 4 amide bonds. The van der Waals surface area contributed by atoms with Crippen LogP contribution in [0, 0.1) is 0 Å². The van der Waals surface area contributed by atoms with Gasteiger partial charge in [-0.1, -0.05) is 24.3 Å². The molecule has 146 valence electrons. The van der Waals surface area contributed by atoms with Crippen molar-refractivity contribution in [3.8, 4) is 5.75 Å². The Morgan fingerprint density at radius 1 is 0.862 bits per heavy atom. The second kappa shape index (κ2) is 6.97. The molecule has 2 aromatic carbocycles. The van der Waals surface area contributed by atoms with Gasteiger partial charge in [-0.15, -0.1) is 0 Å². The fraction of sp³-hybridized carbons (Fsp3) is 0.190. The Kier molecular flexibility index (Phi) is 4.46. The van der Waals surface area contributed by atoms with E-state index in [4.69, 9.17) is 4.74 Å².